The Morgan fingerprint density at radius 3 is 2.20 bits per heavy atom. The lowest BCUT2D eigenvalue weighted by molar-refractivity contribution is -0.118. The summed E-state index contributed by atoms with van der Waals surface area (Å²) in [4.78, 5) is 11.4. The van der Waals surface area contributed by atoms with E-state index in [4.69, 9.17) is 0 Å². The number of hydrogen-bond acceptors (Lipinski definition) is 2. The molecule has 0 radical (unpaired) electrons. The van der Waals surface area contributed by atoms with Gasteiger partial charge in [-0.2, -0.15) is 0 Å². The first-order valence-corrected chi connectivity index (χ1v) is 5.28. The van der Waals surface area contributed by atoms with Crippen LogP contribution in [0.15, 0.2) is 24.3 Å². The molecule has 0 spiro atoms. The van der Waals surface area contributed by atoms with Crippen LogP contribution < -0.4 is 10.6 Å². The van der Waals surface area contributed by atoms with Gasteiger partial charge in [-0.05, 0) is 31.2 Å². The van der Waals surface area contributed by atoms with Gasteiger partial charge in [-0.3, -0.25) is 4.79 Å². The molecule has 0 aliphatic heterocycles. The van der Waals surface area contributed by atoms with Crippen LogP contribution in [0.1, 0.15) is 20.8 Å². The van der Waals surface area contributed by atoms with E-state index in [9.17, 15) is 4.79 Å². The van der Waals surface area contributed by atoms with Crippen molar-refractivity contribution in [1.29, 1.82) is 0 Å². The van der Waals surface area contributed by atoms with Crippen LogP contribution in [-0.2, 0) is 4.79 Å². The van der Waals surface area contributed by atoms with Crippen molar-refractivity contribution in [3.8, 4) is 0 Å². The Morgan fingerprint density at radius 1 is 1.20 bits per heavy atom. The van der Waals surface area contributed by atoms with Crippen molar-refractivity contribution in [2.45, 2.75) is 20.8 Å². The van der Waals surface area contributed by atoms with Crippen molar-refractivity contribution < 1.29 is 4.79 Å². The van der Waals surface area contributed by atoms with E-state index < -0.39 is 0 Å². The lowest BCUT2D eigenvalue weighted by Crippen LogP contribution is -2.17. The van der Waals surface area contributed by atoms with Crippen LogP contribution in [0.25, 0.3) is 0 Å². The largest absolute Gasteiger partial charge is 0.385 e. The number of rotatable bonds is 4. The molecule has 0 heterocycles. The summed E-state index contributed by atoms with van der Waals surface area (Å²) in [6.45, 7) is 6.71. The van der Waals surface area contributed by atoms with Crippen molar-refractivity contribution in [2.24, 2.45) is 5.92 Å². The lowest BCUT2D eigenvalue weighted by Gasteiger charge is -2.08. The summed E-state index contributed by atoms with van der Waals surface area (Å²) in [6, 6.07) is 7.72. The molecule has 0 saturated heterocycles. The van der Waals surface area contributed by atoms with Crippen LogP contribution >= 0.6 is 0 Å². The minimum absolute atomic E-state index is 0.0124. The molecule has 2 N–H and O–H groups in total. The Balaban J connectivity index is 2.60. The molecular weight excluding hydrogens is 188 g/mol. The first kappa shape index (κ1) is 11.6. The summed E-state index contributed by atoms with van der Waals surface area (Å²) in [7, 11) is 0. The van der Waals surface area contributed by atoms with Gasteiger partial charge in [0.2, 0.25) is 5.91 Å². The molecule has 1 rings (SSSR count). The van der Waals surface area contributed by atoms with Crippen molar-refractivity contribution in [1.82, 2.24) is 0 Å². The van der Waals surface area contributed by atoms with Gasteiger partial charge >= 0.3 is 0 Å². The molecule has 0 bridgehead atoms. The number of hydrogen-bond donors (Lipinski definition) is 2. The van der Waals surface area contributed by atoms with E-state index in [1.165, 1.54) is 0 Å². The molecule has 3 heteroatoms. The lowest BCUT2D eigenvalue weighted by atomic mass is 10.2. The van der Waals surface area contributed by atoms with Crippen LogP contribution in [-0.4, -0.2) is 12.5 Å². The SMILES string of the molecule is CCNc1ccc(NC(=O)C(C)C)cc1. The van der Waals surface area contributed by atoms with Crippen molar-refractivity contribution >= 4 is 17.3 Å². The number of carbonyl (C=O) groups is 1. The second-order valence-electron chi connectivity index (χ2n) is 3.75. The van der Waals surface area contributed by atoms with E-state index in [1.807, 2.05) is 38.1 Å². The zero-order chi connectivity index (χ0) is 11.3. The maximum Gasteiger partial charge on any atom is 0.226 e. The minimum Gasteiger partial charge on any atom is -0.385 e. The molecule has 3 nitrogen and oxygen atoms in total. The molecule has 1 aromatic carbocycles. The maximum atomic E-state index is 11.4. The van der Waals surface area contributed by atoms with E-state index in [0.717, 1.165) is 17.9 Å². The molecule has 0 atom stereocenters. The Morgan fingerprint density at radius 2 is 1.73 bits per heavy atom. The van der Waals surface area contributed by atoms with E-state index in [1.54, 1.807) is 0 Å². The second-order valence-corrected chi connectivity index (χ2v) is 3.75. The summed E-state index contributed by atoms with van der Waals surface area (Å²) in [5, 5.41) is 6.04. The highest BCUT2D eigenvalue weighted by Crippen LogP contribution is 2.13. The third-order valence-electron chi connectivity index (χ3n) is 2.06. The molecular formula is C12H18N2O. The van der Waals surface area contributed by atoms with Crippen molar-refractivity contribution in [2.75, 3.05) is 17.2 Å². The van der Waals surface area contributed by atoms with Gasteiger partial charge in [0, 0.05) is 23.8 Å². The van der Waals surface area contributed by atoms with Crippen molar-refractivity contribution in [3.63, 3.8) is 0 Å². The Bertz CT molecular complexity index is 317. The summed E-state index contributed by atoms with van der Waals surface area (Å²) < 4.78 is 0. The molecule has 0 fully saturated rings. The average molecular weight is 206 g/mol. The zero-order valence-electron chi connectivity index (χ0n) is 9.50. The Kier molecular flexibility index (Phi) is 4.16. The summed E-state index contributed by atoms with van der Waals surface area (Å²) in [5.74, 6) is 0.0599. The number of benzene rings is 1. The summed E-state index contributed by atoms with van der Waals surface area (Å²) in [5.41, 5.74) is 1.91. The fraction of sp³-hybridized carbons (Fsp3) is 0.417. The predicted octanol–water partition coefficient (Wildman–Crippen LogP) is 2.71. The van der Waals surface area contributed by atoms with E-state index >= 15 is 0 Å². The smallest absolute Gasteiger partial charge is 0.226 e. The molecule has 0 unspecified atom stereocenters. The predicted molar refractivity (Wildman–Crippen MR) is 64.1 cm³/mol. The molecule has 1 amide bonds. The molecule has 0 aromatic heterocycles. The van der Waals surface area contributed by atoms with Gasteiger partial charge in [0.1, 0.15) is 0 Å². The number of amides is 1. The van der Waals surface area contributed by atoms with Gasteiger partial charge in [-0.15, -0.1) is 0 Å². The van der Waals surface area contributed by atoms with Gasteiger partial charge < -0.3 is 10.6 Å². The maximum absolute atomic E-state index is 11.4. The van der Waals surface area contributed by atoms with Gasteiger partial charge in [-0.25, -0.2) is 0 Å². The van der Waals surface area contributed by atoms with Gasteiger partial charge in [0.15, 0.2) is 0 Å². The molecule has 15 heavy (non-hydrogen) atoms. The number of carbonyl (C=O) groups excluding carboxylic acids is 1. The Hall–Kier alpha value is -1.51. The molecule has 82 valence electrons. The average Bonchev–Trinajstić information content (AvgIpc) is 2.21. The van der Waals surface area contributed by atoms with Crippen LogP contribution in [0.2, 0.25) is 0 Å². The van der Waals surface area contributed by atoms with E-state index in [2.05, 4.69) is 17.6 Å². The highest BCUT2D eigenvalue weighted by molar-refractivity contribution is 5.92. The number of anilines is 2. The standard InChI is InChI=1S/C12H18N2O/c1-4-13-10-5-7-11(8-6-10)14-12(15)9(2)3/h5-9,13H,4H2,1-3H3,(H,14,15). The normalized spacial score (nSPS) is 10.1. The van der Waals surface area contributed by atoms with E-state index in [0.29, 0.717) is 0 Å². The molecule has 0 aliphatic rings. The second kappa shape index (κ2) is 5.39. The highest BCUT2D eigenvalue weighted by atomic mass is 16.1. The van der Waals surface area contributed by atoms with Gasteiger partial charge in [-0.1, -0.05) is 13.8 Å². The molecule has 0 aliphatic carbocycles. The van der Waals surface area contributed by atoms with Crippen LogP contribution in [0.3, 0.4) is 0 Å². The first-order valence-electron chi connectivity index (χ1n) is 5.28. The van der Waals surface area contributed by atoms with Gasteiger partial charge in [0.25, 0.3) is 0 Å². The highest BCUT2D eigenvalue weighted by Gasteiger charge is 2.06. The van der Waals surface area contributed by atoms with E-state index in [-0.39, 0.29) is 11.8 Å². The van der Waals surface area contributed by atoms with Gasteiger partial charge in [0.05, 0.1) is 0 Å². The fourth-order valence-electron chi connectivity index (χ4n) is 1.16. The number of nitrogens with one attached hydrogen (secondary N) is 2. The summed E-state index contributed by atoms with van der Waals surface area (Å²) in [6.07, 6.45) is 0. The molecule has 1 aromatic rings. The third kappa shape index (κ3) is 3.62. The molecule has 0 saturated carbocycles. The van der Waals surface area contributed by atoms with Crippen LogP contribution in [0.5, 0.6) is 0 Å². The zero-order valence-corrected chi connectivity index (χ0v) is 9.50. The minimum atomic E-state index is 0.0124. The van der Waals surface area contributed by atoms with Crippen LogP contribution in [0, 0.1) is 5.92 Å². The van der Waals surface area contributed by atoms with Crippen molar-refractivity contribution in [3.05, 3.63) is 24.3 Å². The monoisotopic (exact) mass is 206 g/mol. The fourth-order valence-corrected chi connectivity index (χ4v) is 1.16. The first-order chi connectivity index (χ1) is 7.13. The van der Waals surface area contributed by atoms with Crippen LogP contribution in [0.4, 0.5) is 11.4 Å². The third-order valence-corrected chi connectivity index (χ3v) is 2.06. The Labute approximate surface area is 90.9 Å². The topological polar surface area (TPSA) is 41.1 Å². The quantitative estimate of drug-likeness (QED) is 0.795. The summed E-state index contributed by atoms with van der Waals surface area (Å²) >= 11 is 0.